The summed E-state index contributed by atoms with van der Waals surface area (Å²) < 4.78 is 0. The molecule has 1 aromatic rings. The van der Waals surface area contributed by atoms with Gasteiger partial charge in [-0.25, -0.2) is 0 Å². The lowest BCUT2D eigenvalue weighted by atomic mass is 9.98. The molecular formula is C15H22N2O. The maximum Gasteiger partial charge on any atom is 0.179 e. The third-order valence-corrected chi connectivity index (χ3v) is 3.84. The second kappa shape index (κ2) is 5.21. The number of ketones is 1. The number of aryl methyl sites for hydroxylation is 2. The fraction of sp³-hybridized carbons (Fsp3) is 0.533. The van der Waals surface area contributed by atoms with E-state index >= 15 is 0 Å². The maximum atomic E-state index is 12.5. The number of likely N-dealkylation sites (tertiary alicyclic amines) is 1. The van der Waals surface area contributed by atoms with E-state index in [2.05, 4.69) is 4.90 Å². The Balaban J connectivity index is 2.17. The van der Waals surface area contributed by atoms with E-state index in [9.17, 15) is 4.79 Å². The van der Waals surface area contributed by atoms with Crippen molar-refractivity contribution in [2.45, 2.75) is 39.3 Å². The van der Waals surface area contributed by atoms with Crippen LogP contribution in [0.5, 0.6) is 0 Å². The number of nitrogens with zero attached hydrogens (tertiary/aromatic N) is 1. The Morgan fingerprint density at radius 1 is 1.44 bits per heavy atom. The van der Waals surface area contributed by atoms with Gasteiger partial charge in [0.1, 0.15) is 0 Å². The Morgan fingerprint density at radius 2 is 2.17 bits per heavy atom. The molecule has 1 saturated heterocycles. The van der Waals surface area contributed by atoms with Crippen molar-refractivity contribution in [1.82, 2.24) is 4.90 Å². The zero-order valence-electron chi connectivity index (χ0n) is 11.4. The van der Waals surface area contributed by atoms with E-state index in [1.165, 1.54) is 0 Å². The maximum absolute atomic E-state index is 12.5. The van der Waals surface area contributed by atoms with E-state index in [4.69, 9.17) is 5.73 Å². The lowest BCUT2D eigenvalue weighted by Crippen LogP contribution is -2.39. The summed E-state index contributed by atoms with van der Waals surface area (Å²) in [4.78, 5) is 14.7. The number of rotatable bonds is 3. The summed E-state index contributed by atoms with van der Waals surface area (Å²) in [5.41, 5.74) is 8.94. The second-order valence-electron chi connectivity index (χ2n) is 5.40. The first-order chi connectivity index (χ1) is 8.49. The van der Waals surface area contributed by atoms with Crippen molar-refractivity contribution in [3.8, 4) is 0 Å². The molecule has 1 heterocycles. The molecule has 2 N–H and O–H groups in total. The monoisotopic (exact) mass is 246 g/mol. The minimum Gasteiger partial charge on any atom is -0.326 e. The van der Waals surface area contributed by atoms with Gasteiger partial charge in [-0.3, -0.25) is 9.69 Å². The van der Waals surface area contributed by atoms with E-state index < -0.39 is 0 Å². The normalized spacial score (nSPS) is 22.1. The summed E-state index contributed by atoms with van der Waals surface area (Å²) in [7, 11) is 0. The van der Waals surface area contributed by atoms with Crippen molar-refractivity contribution in [2.24, 2.45) is 5.73 Å². The molecule has 0 aliphatic carbocycles. The lowest BCUT2D eigenvalue weighted by molar-refractivity contribution is 0.0865. The van der Waals surface area contributed by atoms with E-state index in [1.807, 2.05) is 39.0 Å². The zero-order chi connectivity index (χ0) is 13.3. The Bertz CT molecular complexity index is 456. The van der Waals surface area contributed by atoms with Gasteiger partial charge in [0.25, 0.3) is 0 Å². The van der Waals surface area contributed by atoms with Gasteiger partial charge in [0.15, 0.2) is 5.78 Å². The van der Waals surface area contributed by atoms with Crippen LogP contribution in [0, 0.1) is 13.8 Å². The van der Waals surface area contributed by atoms with Crippen LogP contribution in [0.1, 0.15) is 34.8 Å². The van der Waals surface area contributed by atoms with Crippen molar-refractivity contribution >= 4 is 5.78 Å². The van der Waals surface area contributed by atoms with Crippen LogP contribution in [-0.2, 0) is 0 Å². The second-order valence-corrected chi connectivity index (χ2v) is 5.40. The average Bonchev–Trinajstić information content (AvgIpc) is 2.77. The topological polar surface area (TPSA) is 46.3 Å². The summed E-state index contributed by atoms with van der Waals surface area (Å²) in [5, 5.41) is 0. The Morgan fingerprint density at radius 3 is 2.78 bits per heavy atom. The molecule has 18 heavy (non-hydrogen) atoms. The smallest absolute Gasteiger partial charge is 0.179 e. The van der Waals surface area contributed by atoms with Crippen LogP contribution in [-0.4, -0.2) is 35.9 Å². The number of hydrogen-bond donors (Lipinski definition) is 1. The largest absolute Gasteiger partial charge is 0.326 e. The molecule has 0 aromatic heterocycles. The van der Waals surface area contributed by atoms with Crippen molar-refractivity contribution in [3.63, 3.8) is 0 Å². The molecule has 2 unspecified atom stereocenters. The van der Waals surface area contributed by atoms with E-state index in [0.29, 0.717) is 0 Å². The third kappa shape index (κ3) is 2.62. The van der Waals surface area contributed by atoms with Gasteiger partial charge in [0.2, 0.25) is 0 Å². The zero-order valence-corrected chi connectivity index (χ0v) is 11.4. The van der Waals surface area contributed by atoms with Gasteiger partial charge in [0, 0.05) is 24.7 Å². The minimum absolute atomic E-state index is 0.0703. The Hall–Kier alpha value is -1.19. The molecule has 1 aromatic carbocycles. The summed E-state index contributed by atoms with van der Waals surface area (Å²) in [6, 6.07) is 6.20. The average molecular weight is 246 g/mol. The highest BCUT2D eigenvalue weighted by atomic mass is 16.1. The van der Waals surface area contributed by atoms with Gasteiger partial charge >= 0.3 is 0 Å². The number of nitrogens with two attached hydrogens (primary N) is 1. The van der Waals surface area contributed by atoms with Crippen LogP contribution in [0.2, 0.25) is 0 Å². The van der Waals surface area contributed by atoms with Gasteiger partial charge in [-0.1, -0.05) is 17.7 Å². The molecule has 1 fully saturated rings. The van der Waals surface area contributed by atoms with Gasteiger partial charge < -0.3 is 5.73 Å². The predicted molar refractivity (Wildman–Crippen MR) is 73.9 cm³/mol. The number of benzene rings is 1. The lowest BCUT2D eigenvalue weighted by Gasteiger charge is -2.23. The van der Waals surface area contributed by atoms with Gasteiger partial charge in [0.05, 0.1) is 6.04 Å². The molecule has 0 bridgehead atoms. The molecule has 98 valence electrons. The van der Waals surface area contributed by atoms with E-state index in [1.54, 1.807) is 0 Å². The number of carbonyl (C=O) groups is 1. The van der Waals surface area contributed by atoms with Crippen molar-refractivity contribution < 1.29 is 4.79 Å². The molecule has 1 aliphatic heterocycles. The standard InChI is InChI=1S/C15H22N2O/c1-10-4-5-11(2)14(8-10)15(18)12(3)17-7-6-13(16)9-17/h4-5,8,12-13H,6-7,9,16H2,1-3H3. The summed E-state index contributed by atoms with van der Waals surface area (Å²) in [6.45, 7) is 7.76. The molecule has 2 rings (SSSR count). The first-order valence-corrected chi connectivity index (χ1v) is 6.60. The van der Waals surface area contributed by atoms with Crippen LogP contribution in [0.4, 0.5) is 0 Å². The van der Waals surface area contributed by atoms with Crippen LogP contribution >= 0.6 is 0 Å². The quantitative estimate of drug-likeness (QED) is 0.829. The van der Waals surface area contributed by atoms with Gasteiger partial charge in [-0.2, -0.15) is 0 Å². The van der Waals surface area contributed by atoms with Gasteiger partial charge in [-0.05, 0) is 38.8 Å². The molecule has 0 spiro atoms. The molecule has 1 aliphatic rings. The van der Waals surface area contributed by atoms with Crippen LogP contribution in [0.15, 0.2) is 18.2 Å². The van der Waals surface area contributed by atoms with Crippen molar-refractivity contribution in [1.29, 1.82) is 0 Å². The minimum atomic E-state index is -0.0703. The molecular weight excluding hydrogens is 224 g/mol. The summed E-state index contributed by atoms with van der Waals surface area (Å²) in [5.74, 6) is 0.213. The number of carbonyl (C=O) groups excluding carboxylic acids is 1. The first-order valence-electron chi connectivity index (χ1n) is 6.60. The molecule has 0 radical (unpaired) electrons. The van der Waals surface area contributed by atoms with E-state index in [0.717, 1.165) is 36.2 Å². The number of Topliss-reactive ketones (excluding diaryl/α,β-unsaturated/α-hetero) is 1. The van der Waals surface area contributed by atoms with E-state index in [-0.39, 0.29) is 17.9 Å². The molecule has 3 heteroatoms. The number of hydrogen-bond acceptors (Lipinski definition) is 3. The highest BCUT2D eigenvalue weighted by Crippen LogP contribution is 2.18. The van der Waals surface area contributed by atoms with Gasteiger partial charge in [-0.15, -0.1) is 0 Å². The fourth-order valence-corrected chi connectivity index (χ4v) is 2.56. The highest BCUT2D eigenvalue weighted by molar-refractivity contribution is 6.01. The highest BCUT2D eigenvalue weighted by Gasteiger charge is 2.28. The van der Waals surface area contributed by atoms with Crippen LogP contribution in [0.25, 0.3) is 0 Å². The first kappa shape index (κ1) is 13.2. The Labute approximate surface area is 109 Å². The van der Waals surface area contributed by atoms with Crippen molar-refractivity contribution in [3.05, 3.63) is 34.9 Å². The van der Waals surface area contributed by atoms with Crippen molar-refractivity contribution in [2.75, 3.05) is 13.1 Å². The van der Waals surface area contributed by atoms with Crippen LogP contribution < -0.4 is 5.73 Å². The molecule has 3 nitrogen and oxygen atoms in total. The Kier molecular flexibility index (Phi) is 3.83. The SMILES string of the molecule is Cc1ccc(C)c(C(=O)C(C)N2CCC(N)C2)c1. The fourth-order valence-electron chi connectivity index (χ4n) is 2.56. The predicted octanol–water partition coefficient (Wildman–Crippen LogP) is 1.91. The third-order valence-electron chi connectivity index (χ3n) is 3.84. The molecule has 0 amide bonds. The summed E-state index contributed by atoms with van der Waals surface area (Å²) in [6.07, 6.45) is 0.990. The van der Waals surface area contributed by atoms with Crippen LogP contribution in [0.3, 0.4) is 0 Å². The molecule has 2 atom stereocenters. The molecule has 0 saturated carbocycles. The summed E-state index contributed by atoms with van der Waals surface area (Å²) >= 11 is 0.